The molecule has 0 saturated carbocycles. The summed E-state index contributed by atoms with van der Waals surface area (Å²) < 4.78 is 29.6. The van der Waals surface area contributed by atoms with E-state index in [9.17, 15) is 18.0 Å². The van der Waals surface area contributed by atoms with Crippen LogP contribution in [0.2, 0.25) is 0 Å². The molecule has 2 heterocycles. The van der Waals surface area contributed by atoms with Crippen molar-refractivity contribution < 1.29 is 17.6 Å². The number of hydrogen-bond donors (Lipinski definition) is 1. The van der Waals surface area contributed by atoms with E-state index in [1.807, 2.05) is 0 Å². The highest BCUT2D eigenvalue weighted by molar-refractivity contribution is 7.90. The Kier molecular flexibility index (Phi) is 4.77. The minimum absolute atomic E-state index is 0.114. The van der Waals surface area contributed by atoms with E-state index in [1.165, 1.54) is 29.5 Å². The van der Waals surface area contributed by atoms with Gasteiger partial charge in [-0.05, 0) is 24.3 Å². The van der Waals surface area contributed by atoms with E-state index >= 15 is 0 Å². The number of carbonyl (C=O) groups excluding carboxylic acids is 1. The van der Waals surface area contributed by atoms with Gasteiger partial charge in [-0.2, -0.15) is 0 Å². The molecule has 9 heteroatoms. The number of para-hydroxylation sites is 1. The minimum atomic E-state index is -3.42. The molecular weight excluding hydrogens is 412 g/mol. The van der Waals surface area contributed by atoms with Gasteiger partial charge in [0.1, 0.15) is 11.5 Å². The first-order valence-corrected chi connectivity index (χ1v) is 11.2. The SMILES string of the molecule is CS(=O)(=O)c1cccc(-c2cc(=O)c3cccc(NC(=O)c4cscn4)c3o2)c1. The van der Waals surface area contributed by atoms with Crippen LogP contribution < -0.4 is 10.7 Å². The molecule has 0 unspecified atom stereocenters. The molecule has 0 saturated heterocycles. The van der Waals surface area contributed by atoms with Crippen LogP contribution in [0.3, 0.4) is 0 Å². The van der Waals surface area contributed by atoms with E-state index in [1.54, 1.807) is 41.2 Å². The Morgan fingerprint density at radius 2 is 1.93 bits per heavy atom. The van der Waals surface area contributed by atoms with Crippen LogP contribution in [-0.4, -0.2) is 25.6 Å². The Bertz CT molecular complexity index is 1390. The number of benzene rings is 2. The fraction of sp³-hybridized carbons (Fsp3) is 0.0500. The maximum absolute atomic E-state index is 12.6. The van der Waals surface area contributed by atoms with Crippen LogP contribution >= 0.6 is 11.3 Å². The second kappa shape index (κ2) is 7.26. The second-order valence-corrected chi connectivity index (χ2v) is 9.02. The zero-order valence-electron chi connectivity index (χ0n) is 15.1. The molecule has 1 amide bonds. The molecular formula is C20H14N2O5S2. The van der Waals surface area contributed by atoms with Crippen molar-refractivity contribution in [2.24, 2.45) is 0 Å². The molecule has 4 rings (SSSR count). The molecule has 0 spiro atoms. The number of rotatable bonds is 4. The number of thiazole rings is 1. The summed E-state index contributed by atoms with van der Waals surface area (Å²) in [5.74, 6) is -0.228. The van der Waals surface area contributed by atoms with Gasteiger partial charge in [0.25, 0.3) is 5.91 Å². The maximum Gasteiger partial charge on any atom is 0.275 e. The molecule has 2 aromatic heterocycles. The van der Waals surface area contributed by atoms with E-state index in [-0.39, 0.29) is 27.4 Å². The summed E-state index contributed by atoms with van der Waals surface area (Å²) in [5, 5.41) is 4.61. The maximum atomic E-state index is 12.6. The normalized spacial score (nSPS) is 11.5. The van der Waals surface area contributed by atoms with Crippen LogP contribution in [0.1, 0.15) is 10.5 Å². The van der Waals surface area contributed by atoms with E-state index < -0.39 is 15.7 Å². The molecule has 7 nitrogen and oxygen atoms in total. The van der Waals surface area contributed by atoms with Crippen molar-refractivity contribution in [1.29, 1.82) is 0 Å². The summed E-state index contributed by atoms with van der Waals surface area (Å²) in [4.78, 5) is 29.1. The Hall–Kier alpha value is -3.30. The average molecular weight is 426 g/mol. The van der Waals surface area contributed by atoms with Crippen LogP contribution in [0.4, 0.5) is 5.69 Å². The van der Waals surface area contributed by atoms with E-state index in [0.717, 1.165) is 6.26 Å². The lowest BCUT2D eigenvalue weighted by molar-refractivity contribution is 0.102. The van der Waals surface area contributed by atoms with Crippen molar-refractivity contribution in [2.75, 3.05) is 11.6 Å². The largest absolute Gasteiger partial charge is 0.454 e. The topological polar surface area (TPSA) is 106 Å². The van der Waals surface area contributed by atoms with Crippen molar-refractivity contribution in [3.63, 3.8) is 0 Å². The second-order valence-electron chi connectivity index (χ2n) is 6.28. The van der Waals surface area contributed by atoms with Gasteiger partial charge in [0.2, 0.25) is 0 Å². The predicted octanol–water partition coefficient (Wildman–Crippen LogP) is 3.57. The number of nitrogens with zero attached hydrogens (tertiary/aromatic N) is 1. The highest BCUT2D eigenvalue weighted by Crippen LogP contribution is 2.28. The van der Waals surface area contributed by atoms with Gasteiger partial charge in [0.05, 0.1) is 21.5 Å². The predicted molar refractivity (Wildman–Crippen MR) is 111 cm³/mol. The van der Waals surface area contributed by atoms with Gasteiger partial charge in [-0.1, -0.05) is 18.2 Å². The number of fused-ring (bicyclic) bond motifs is 1. The molecule has 146 valence electrons. The Labute approximate surface area is 169 Å². The number of sulfone groups is 1. The number of anilines is 1. The number of aromatic nitrogens is 1. The van der Waals surface area contributed by atoms with Gasteiger partial charge < -0.3 is 9.73 Å². The lowest BCUT2D eigenvalue weighted by Gasteiger charge is -2.09. The molecule has 2 aromatic carbocycles. The third kappa shape index (κ3) is 3.82. The molecule has 0 bridgehead atoms. The molecule has 0 fully saturated rings. The number of carbonyl (C=O) groups is 1. The van der Waals surface area contributed by atoms with Crippen molar-refractivity contribution in [1.82, 2.24) is 4.98 Å². The smallest absolute Gasteiger partial charge is 0.275 e. The first kappa shape index (κ1) is 19.0. The van der Waals surface area contributed by atoms with Gasteiger partial charge in [0, 0.05) is 23.3 Å². The zero-order chi connectivity index (χ0) is 20.6. The molecule has 4 aromatic rings. The molecule has 29 heavy (non-hydrogen) atoms. The third-order valence-corrected chi connectivity index (χ3v) is 5.91. The standard InChI is InChI=1S/C20H14N2O5S2/c1-29(25,26)13-5-2-4-12(8-13)18-9-17(23)14-6-3-7-15(19(14)27-18)22-20(24)16-10-28-11-21-16/h2-11H,1H3,(H,22,24). The van der Waals surface area contributed by atoms with Crippen LogP contribution in [0.5, 0.6) is 0 Å². The van der Waals surface area contributed by atoms with Gasteiger partial charge in [-0.15, -0.1) is 11.3 Å². The average Bonchev–Trinajstić information content (AvgIpc) is 3.23. The Morgan fingerprint density at radius 1 is 1.14 bits per heavy atom. The quantitative estimate of drug-likeness (QED) is 0.535. The lowest BCUT2D eigenvalue weighted by atomic mass is 10.1. The van der Waals surface area contributed by atoms with Crippen LogP contribution in [0.15, 0.2) is 73.5 Å². The number of hydrogen-bond acceptors (Lipinski definition) is 7. The summed E-state index contributed by atoms with van der Waals surface area (Å²) in [5.41, 5.74) is 2.45. The summed E-state index contributed by atoms with van der Waals surface area (Å²) >= 11 is 1.29. The highest BCUT2D eigenvalue weighted by atomic mass is 32.2. The molecule has 0 aliphatic carbocycles. The molecule has 0 atom stereocenters. The molecule has 0 aliphatic heterocycles. The lowest BCUT2D eigenvalue weighted by Crippen LogP contribution is -2.13. The monoisotopic (exact) mass is 426 g/mol. The zero-order valence-corrected chi connectivity index (χ0v) is 16.7. The van der Waals surface area contributed by atoms with Crippen LogP contribution in [0.25, 0.3) is 22.3 Å². The van der Waals surface area contributed by atoms with Crippen LogP contribution in [0, 0.1) is 0 Å². The van der Waals surface area contributed by atoms with E-state index in [2.05, 4.69) is 10.3 Å². The number of nitrogens with one attached hydrogen (secondary N) is 1. The van der Waals surface area contributed by atoms with Crippen molar-refractivity contribution in [3.05, 3.63) is 75.3 Å². The highest BCUT2D eigenvalue weighted by Gasteiger charge is 2.15. The van der Waals surface area contributed by atoms with Gasteiger partial charge in [-0.25, -0.2) is 13.4 Å². The Balaban J connectivity index is 1.84. The summed E-state index contributed by atoms with van der Waals surface area (Å²) in [6, 6.07) is 12.3. The first-order chi connectivity index (χ1) is 13.8. The van der Waals surface area contributed by atoms with E-state index in [0.29, 0.717) is 16.6 Å². The first-order valence-electron chi connectivity index (χ1n) is 8.40. The summed E-state index contributed by atoms with van der Waals surface area (Å²) in [7, 11) is -3.42. The molecule has 0 radical (unpaired) electrons. The van der Waals surface area contributed by atoms with Crippen molar-refractivity contribution >= 4 is 43.7 Å². The van der Waals surface area contributed by atoms with Crippen molar-refractivity contribution in [2.45, 2.75) is 4.90 Å². The van der Waals surface area contributed by atoms with Crippen LogP contribution in [-0.2, 0) is 9.84 Å². The number of amides is 1. The van der Waals surface area contributed by atoms with Gasteiger partial charge in [-0.3, -0.25) is 9.59 Å². The molecule has 0 aliphatic rings. The van der Waals surface area contributed by atoms with Crippen molar-refractivity contribution in [3.8, 4) is 11.3 Å². The Morgan fingerprint density at radius 3 is 2.66 bits per heavy atom. The third-order valence-electron chi connectivity index (χ3n) is 4.21. The summed E-state index contributed by atoms with van der Waals surface area (Å²) in [6.07, 6.45) is 1.11. The summed E-state index contributed by atoms with van der Waals surface area (Å²) in [6.45, 7) is 0. The van der Waals surface area contributed by atoms with Gasteiger partial charge in [0.15, 0.2) is 20.8 Å². The fourth-order valence-electron chi connectivity index (χ4n) is 2.81. The fourth-order valence-corrected chi connectivity index (χ4v) is 4.01. The minimum Gasteiger partial charge on any atom is -0.454 e. The molecule has 1 N–H and O–H groups in total. The van der Waals surface area contributed by atoms with Gasteiger partial charge >= 0.3 is 0 Å². The van der Waals surface area contributed by atoms with E-state index in [4.69, 9.17) is 4.42 Å².